The molecule has 7 heteroatoms. The van der Waals surface area contributed by atoms with Gasteiger partial charge in [0.05, 0.1) is 0 Å². The van der Waals surface area contributed by atoms with Crippen LogP contribution in [0.15, 0.2) is 29.4 Å². The number of aromatic nitrogens is 3. The molecule has 0 saturated carbocycles. The van der Waals surface area contributed by atoms with Crippen molar-refractivity contribution in [1.29, 1.82) is 0 Å². The van der Waals surface area contributed by atoms with E-state index in [0.29, 0.717) is 12.0 Å². The number of rotatable bonds is 6. The Bertz CT molecular complexity index is 644. The molecule has 2 aromatic heterocycles. The summed E-state index contributed by atoms with van der Waals surface area (Å²) in [5, 5.41) is 15.0. The summed E-state index contributed by atoms with van der Waals surface area (Å²) in [6.07, 6.45) is 4.28. The van der Waals surface area contributed by atoms with E-state index in [9.17, 15) is 0 Å². The molecule has 2 N–H and O–H groups in total. The third kappa shape index (κ3) is 6.62. The monoisotopic (exact) mass is 444 g/mol. The molecule has 134 valence electrons. The molecule has 2 heterocycles. The molecule has 0 amide bonds. The SMILES string of the molecule is CCNC(=NCc1nnc2ccccn12)NCCCC(C)(C)C.I. The summed E-state index contributed by atoms with van der Waals surface area (Å²) in [7, 11) is 0. The lowest BCUT2D eigenvalue weighted by Gasteiger charge is -2.18. The summed E-state index contributed by atoms with van der Waals surface area (Å²) in [6, 6.07) is 5.87. The number of hydrogen-bond donors (Lipinski definition) is 2. The molecule has 0 saturated heterocycles. The van der Waals surface area contributed by atoms with Crippen molar-refractivity contribution in [2.75, 3.05) is 13.1 Å². The highest BCUT2D eigenvalue weighted by Gasteiger charge is 2.09. The molecule has 2 aromatic rings. The van der Waals surface area contributed by atoms with Crippen LogP contribution in [0.2, 0.25) is 0 Å². The molecule has 24 heavy (non-hydrogen) atoms. The van der Waals surface area contributed by atoms with Crippen molar-refractivity contribution >= 4 is 35.6 Å². The lowest BCUT2D eigenvalue weighted by molar-refractivity contribution is 0.365. The average molecular weight is 444 g/mol. The fourth-order valence-corrected chi connectivity index (χ4v) is 2.32. The first-order valence-corrected chi connectivity index (χ1v) is 8.30. The maximum Gasteiger partial charge on any atom is 0.191 e. The third-order valence-corrected chi connectivity index (χ3v) is 3.50. The molecule has 0 radical (unpaired) electrons. The highest BCUT2D eigenvalue weighted by atomic mass is 127. The smallest absolute Gasteiger partial charge is 0.191 e. The molecular weight excluding hydrogens is 415 g/mol. The van der Waals surface area contributed by atoms with Gasteiger partial charge in [0.25, 0.3) is 0 Å². The summed E-state index contributed by atoms with van der Waals surface area (Å²) in [4.78, 5) is 4.61. The van der Waals surface area contributed by atoms with Crippen LogP contribution in [0.5, 0.6) is 0 Å². The summed E-state index contributed by atoms with van der Waals surface area (Å²) in [5.74, 6) is 1.67. The van der Waals surface area contributed by atoms with Crippen LogP contribution in [0.25, 0.3) is 5.65 Å². The fourth-order valence-electron chi connectivity index (χ4n) is 2.32. The van der Waals surface area contributed by atoms with Gasteiger partial charge < -0.3 is 10.6 Å². The van der Waals surface area contributed by atoms with Crippen LogP contribution in [-0.2, 0) is 6.54 Å². The van der Waals surface area contributed by atoms with Crippen LogP contribution in [0, 0.1) is 5.41 Å². The summed E-state index contributed by atoms with van der Waals surface area (Å²) in [6.45, 7) is 11.1. The lowest BCUT2D eigenvalue weighted by Crippen LogP contribution is -2.38. The van der Waals surface area contributed by atoms with Gasteiger partial charge in [-0.15, -0.1) is 34.2 Å². The maximum atomic E-state index is 4.61. The van der Waals surface area contributed by atoms with Crippen LogP contribution in [0.4, 0.5) is 0 Å². The number of hydrogen-bond acceptors (Lipinski definition) is 3. The molecule has 0 spiro atoms. The average Bonchev–Trinajstić information content (AvgIpc) is 2.91. The van der Waals surface area contributed by atoms with E-state index >= 15 is 0 Å². The van der Waals surface area contributed by atoms with Gasteiger partial charge >= 0.3 is 0 Å². The van der Waals surface area contributed by atoms with Crippen molar-refractivity contribution in [2.24, 2.45) is 10.4 Å². The predicted octanol–water partition coefficient (Wildman–Crippen LogP) is 3.23. The number of fused-ring (bicyclic) bond motifs is 1. The molecule has 0 aliphatic heterocycles. The third-order valence-electron chi connectivity index (χ3n) is 3.50. The van der Waals surface area contributed by atoms with Gasteiger partial charge in [-0.3, -0.25) is 4.40 Å². The van der Waals surface area contributed by atoms with Crippen molar-refractivity contribution in [2.45, 2.75) is 47.1 Å². The topological polar surface area (TPSA) is 66.6 Å². The predicted molar refractivity (Wildman–Crippen MR) is 110 cm³/mol. The number of pyridine rings is 1. The summed E-state index contributed by atoms with van der Waals surface area (Å²) in [5.41, 5.74) is 1.22. The van der Waals surface area contributed by atoms with Crippen LogP contribution < -0.4 is 10.6 Å². The van der Waals surface area contributed by atoms with E-state index in [1.807, 2.05) is 28.8 Å². The van der Waals surface area contributed by atoms with Crippen LogP contribution in [0.3, 0.4) is 0 Å². The normalized spacial score (nSPS) is 12.1. The second-order valence-electron chi connectivity index (χ2n) is 6.83. The van der Waals surface area contributed by atoms with Crippen molar-refractivity contribution in [3.8, 4) is 0 Å². The largest absolute Gasteiger partial charge is 0.357 e. The van der Waals surface area contributed by atoms with Crippen molar-refractivity contribution < 1.29 is 0 Å². The minimum Gasteiger partial charge on any atom is -0.357 e. The van der Waals surface area contributed by atoms with Gasteiger partial charge in [0, 0.05) is 19.3 Å². The standard InChI is InChI=1S/C17H28N6.HI/c1-5-18-16(19-11-8-10-17(2,3)4)20-13-15-22-21-14-9-6-7-12-23(14)15;/h6-7,9,12H,5,8,10-11,13H2,1-4H3,(H2,18,19,20);1H. The van der Waals surface area contributed by atoms with Crippen LogP contribution >= 0.6 is 24.0 Å². The van der Waals surface area contributed by atoms with E-state index in [4.69, 9.17) is 0 Å². The first kappa shape index (κ1) is 20.7. The molecule has 0 aromatic carbocycles. The van der Waals surface area contributed by atoms with Crippen molar-refractivity contribution in [3.05, 3.63) is 30.2 Å². The minimum absolute atomic E-state index is 0. The van der Waals surface area contributed by atoms with Gasteiger partial charge in [0.2, 0.25) is 0 Å². The second kappa shape index (κ2) is 9.80. The zero-order valence-corrected chi connectivity index (χ0v) is 17.4. The highest BCUT2D eigenvalue weighted by molar-refractivity contribution is 14.0. The number of guanidine groups is 1. The number of halogens is 1. The van der Waals surface area contributed by atoms with Gasteiger partial charge in [-0.25, -0.2) is 4.99 Å². The molecule has 2 rings (SSSR count). The van der Waals surface area contributed by atoms with E-state index in [-0.39, 0.29) is 24.0 Å². The van der Waals surface area contributed by atoms with Gasteiger partial charge in [-0.2, -0.15) is 0 Å². The zero-order chi connectivity index (χ0) is 16.7. The summed E-state index contributed by atoms with van der Waals surface area (Å²) >= 11 is 0. The van der Waals surface area contributed by atoms with E-state index < -0.39 is 0 Å². The highest BCUT2D eigenvalue weighted by Crippen LogP contribution is 2.19. The Morgan fingerprint density at radius 1 is 1.21 bits per heavy atom. The first-order chi connectivity index (χ1) is 11.0. The first-order valence-electron chi connectivity index (χ1n) is 8.30. The van der Waals surface area contributed by atoms with E-state index in [1.54, 1.807) is 0 Å². The van der Waals surface area contributed by atoms with E-state index in [1.165, 1.54) is 6.42 Å². The van der Waals surface area contributed by atoms with Crippen LogP contribution in [0.1, 0.15) is 46.4 Å². The molecular formula is C17H29IN6. The Morgan fingerprint density at radius 2 is 2.00 bits per heavy atom. The molecule has 0 unspecified atom stereocenters. The minimum atomic E-state index is 0. The molecule has 6 nitrogen and oxygen atoms in total. The Hall–Kier alpha value is -1.38. The Morgan fingerprint density at radius 3 is 2.71 bits per heavy atom. The van der Waals surface area contributed by atoms with Gasteiger partial charge in [-0.1, -0.05) is 26.8 Å². The molecule has 0 bridgehead atoms. The Kier molecular flexibility index (Phi) is 8.44. The van der Waals surface area contributed by atoms with E-state index in [0.717, 1.165) is 36.9 Å². The number of nitrogens with zero attached hydrogens (tertiary/aromatic N) is 4. The van der Waals surface area contributed by atoms with Gasteiger partial charge in [-0.05, 0) is 37.3 Å². The molecule has 0 aliphatic carbocycles. The molecule has 0 fully saturated rings. The maximum absolute atomic E-state index is 4.61. The van der Waals surface area contributed by atoms with Crippen molar-refractivity contribution in [1.82, 2.24) is 25.2 Å². The Balaban J connectivity index is 0.00000288. The summed E-state index contributed by atoms with van der Waals surface area (Å²) < 4.78 is 1.96. The fraction of sp³-hybridized carbons (Fsp3) is 0.588. The second-order valence-corrected chi connectivity index (χ2v) is 6.83. The van der Waals surface area contributed by atoms with Gasteiger partial charge in [0.1, 0.15) is 6.54 Å². The zero-order valence-electron chi connectivity index (χ0n) is 15.0. The van der Waals surface area contributed by atoms with E-state index in [2.05, 4.69) is 53.5 Å². The quantitative estimate of drug-likeness (QED) is 0.311. The van der Waals surface area contributed by atoms with Crippen LogP contribution in [-0.4, -0.2) is 33.6 Å². The number of aliphatic imine (C=N–C) groups is 1. The number of nitrogens with one attached hydrogen (secondary N) is 2. The van der Waals surface area contributed by atoms with Crippen molar-refractivity contribution in [3.63, 3.8) is 0 Å². The Labute approximate surface area is 161 Å². The lowest BCUT2D eigenvalue weighted by atomic mass is 9.91. The van der Waals surface area contributed by atoms with Gasteiger partial charge in [0.15, 0.2) is 17.4 Å². The molecule has 0 atom stereocenters. The molecule has 0 aliphatic rings.